The van der Waals surface area contributed by atoms with Gasteiger partial charge in [0.2, 0.25) is 0 Å². The lowest BCUT2D eigenvalue weighted by atomic mass is 10.0. The SMILES string of the molecule is Brc1ccc(-n2c(-c3cccc4ccccc34)nc3ccccc32)cc1. The van der Waals surface area contributed by atoms with Gasteiger partial charge in [-0.2, -0.15) is 0 Å². The van der Waals surface area contributed by atoms with E-state index in [1.54, 1.807) is 0 Å². The zero-order chi connectivity index (χ0) is 17.5. The van der Waals surface area contributed by atoms with E-state index >= 15 is 0 Å². The molecule has 2 nitrogen and oxygen atoms in total. The predicted octanol–water partition coefficient (Wildman–Crippen LogP) is 6.61. The lowest BCUT2D eigenvalue weighted by molar-refractivity contribution is 1.10. The summed E-state index contributed by atoms with van der Waals surface area (Å²) in [5.74, 6) is 0.963. The van der Waals surface area contributed by atoms with Crippen molar-refractivity contribution in [1.82, 2.24) is 9.55 Å². The Morgan fingerprint density at radius 3 is 2.31 bits per heavy atom. The van der Waals surface area contributed by atoms with Crippen molar-refractivity contribution < 1.29 is 0 Å². The third-order valence-electron chi connectivity index (χ3n) is 4.68. The first-order chi connectivity index (χ1) is 12.8. The molecule has 3 heteroatoms. The average molecular weight is 399 g/mol. The van der Waals surface area contributed by atoms with E-state index in [0.717, 1.165) is 32.6 Å². The molecule has 0 aliphatic rings. The monoisotopic (exact) mass is 398 g/mol. The topological polar surface area (TPSA) is 17.8 Å². The number of nitrogens with zero attached hydrogens (tertiary/aromatic N) is 2. The van der Waals surface area contributed by atoms with Gasteiger partial charge in [-0.3, -0.25) is 4.57 Å². The molecule has 0 spiro atoms. The summed E-state index contributed by atoms with van der Waals surface area (Å²) in [5.41, 5.74) is 4.35. The fourth-order valence-electron chi connectivity index (χ4n) is 3.48. The van der Waals surface area contributed by atoms with Crippen molar-refractivity contribution in [1.29, 1.82) is 0 Å². The van der Waals surface area contributed by atoms with Gasteiger partial charge in [-0.25, -0.2) is 4.98 Å². The Kier molecular flexibility index (Phi) is 3.61. The normalized spacial score (nSPS) is 11.3. The highest BCUT2D eigenvalue weighted by Crippen LogP contribution is 2.33. The predicted molar refractivity (Wildman–Crippen MR) is 112 cm³/mol. The first-order valence-electron chi connectivity index (χ1n) is 8.53. The van der Waals surface area contributed by atoms with E-state index in [2.05, 4.69) is 105 Å². The van der Waals surface area contributed by atoms with Crippen LogP contribution >= 0.6 is 15.9 Å². The summed E-state index contributed by atoms with van der Waals surface area (Å²) < 4.78 is 3.31. The maximum atomic E-state index is 4.98. The smallest absolute Gasteiger partial charge is 0.146 e. The third-order valence-corrected chi connectivity index (χ3v) is 5.20. The molecule has 5 rings (SSSR count). The minimum absolute atomic E-state index is 0.963. The third kappa shape index (κ3) is 2.44. The molecule has 1 heterocycles. The van der Waals surface area contributed by atoms with E-state index < -0.39 is 0 Å². The Morgan fingerprint density at radius 2 is 1.42 bits per heavy atom. The van der Waals surface area contributed by atoms with Gasteiger partial charge in [0.05, 0.1) is 11.0 Å². The van der Waals surface area contributed by atoms with Crippen molar-refractivity contribution in [2.45, 2.75) is 0 Å². The summed E-state index contributed by atoms with van der Waals surface area (Å²) in [4.78, 5) is 4.98. The number of para-hydroxylation sites is 2. The van der Waals surface area contributed by atoms with Crippen LogP contribution in [0.4, 0.5) is 0 Å². The lowest BCUT2D eigenvalue weighted by Crippen LogP contribution is -1.97. The largest absolute Gasteiger partial charge is 0.292 e. The molecule has 124 valence electrons. The van der Waals surface area contributed by atoms with Crippen molar-refractivity contribution in [3.8, 4) is 17.1 Å². The van der Waals surface area contributed by atoms with Gasteiger partial charge in [0.15, 0.2) is 0 Å². The number of imidazole rings is 1. The van der Waals surface area contributed by atoms with Gasteiger partial charge in [0, 0.05) is 15.7 Å². The maximum Gasteiger partial charge on any atom is 0.146 e. The van der Waals surface area contributed by atoms with E-state index in [1.807, 2.05) is 6.07 Å². The number of fused-ring (bicyclic) bond motifs is 2. The Morgan fingerprint density at radius 1 is 0.692 bits per heavy atom. The molecule has 0 N–H and O–H groups in total. The van der Waals surface area contributed by atoms with Crippen molar-refractivity contribution in [3.05, 3.63) is 95.5 Å². The van der Waals surface area contributed by atoms with Crippen molar-refractivity contribution in [2.75, 3.05) is 0 Å². The molecule has 0 amide bonds. The van der Waals surface area contributed by atoms with Crippen LogP contribution in [0.3, 0.4) is 0 Å². The van der Waals surface area contributed by atoms with Crippen LogP contribution < -0.4 is 0 Å². The molecule has 0 aliphatic heterocycles. The summed E-state index contributed by atoms with van der Waals surface area (Å²) >= 11 is 3.53. The Balaban J connectivity index is 1.88. The van der Waals surface area contributed by atoms with Crippen LogP contribution in [0.1, 0.15) is 0 Å². The Bertz CT molecular complexity index is 1230. The highest BCUT2D eigenvalue weighted by atomic mass is 79.9. The molecule has 0 aliphatic carbocycles. The number of hydrogen-bond acceptors (Lipinski definition) is 1. The lowest BCUT2D eigenvalue weighted by Gasteiger charge is -2.11. The molecule has 26 heavy (non-hydrogen) atoms. The first-order valence-corrected chi connectivity index (χ1v) is 9.32. The van der Waals surface area contributed by atoms with Crippen LogP contribution in [0.5, 0.6) is 0 Å². The minimum atomic E-state index is 0.963. The number of halogens is 1. The van der Waals surface area contributed by atoms with Gasteiger partial charge in [0.1, 0.15) is 5.82 Å². The number of aromatic nitrogens is 2. The van der Waals surface area contributed by atoms with E-state index in [0.29, 0.717) is 0 Å². The highest BCUT2D eigenvalue weighted by Gasteiger charge is 2.15. The molecule has 0 unspecified atom stereocenters. The first kappa shape index (κ1) is 15.4. The minimum Gasteiger partial charge on any atom is -0.292 e. The van der Waals surface area contributed by atoms with Crippen LogP contribution in [-0.2, 0) is 0 Å². The van der Waals surface area contributed by atoms with Crippen LogP contribution in [-0.4, -0.2) is 9.55 Å². The average Bonchev–Trinajstić information content (AvgIpc) is 3.07. The molecule has 4 aromatic carbocycles. The van der Waals surface area contributed by atoms with E-state index in [9.17, 15) is 0 Å². The van der Waals surface area contributed by atoms with E-state index in [1.165, 1.54) is 10.8 Å². The zero-order valence-electron chi connectivity index (χ0n) is 13.9. The zero-order valence-corrected chi connectivity index (χ0v) is 15.5. The van der Waals surface area contributed by atoms with Crippen molar-refractivity contribution >= 4 is 37.7 Å². The van der Waals surface area contributed by atoms with Crippen LogP contribution in [0, 0.1) is 0 Å². The van der Waals surface area contributed by atoms with Gasteiger partial charge in [-0.15, -0.1) is 0 Å². The van der Waals surface area contributed by atoms with E-state index in [4.69, 9.17) is 4.98 Å². The van der Waals surface area contributed by atoms with Gasteiger partial charge in [-0.1, -0.05) is 70.5 Å². The Labute approximate surface area is 159 Å². The fourth-order valence-corrected chi connectivity index (χ4v) is 3.74. The molecule has 0 radical (unpaired) electrons. The summed E-state index contributed by atoms with van der Waals surface area (Å²) in [5, 5.41) is 2.43. The standard InChI is InChI=1S/C23H15BrN2/c24-17-12-14-18(15-13-17)26-22-11-4-3-10-21(22)25-23(26)20-9-5-7-16-6-1-2-8-19(16)20/h1-15H. The summed E-state index contributed by atoms with van der Waals surface area (Å²) in [6.07, 6.45) is 0. The number of benzene rings is 4. The highest BCUT2D eigenvalue weighted by molar-refractivity contribution is 9.10. The maximum absolute atomic E-state index is 4.98. The van der Waals surface area contributed by atoms with E-state index in [-0.39, 0.29) is 0 Å². The summed E-state index contributed by atoms with van der Waals surface area (Å²) in [6.45, 7) is 0. The summed E-state index contributed by atoms with van der Waals surface area (Å²) in [7, 11) is 0. The molecule has 0 bridgehead atoms. The Hall–Kier alpha value is -2.91. The van der Waals surface area contributed by atoms with Gasteiger partial charge in [-0.05, 0) is 47.2 Å². The van der Waals surface area contributed by atoms with Gasteiger partial charge >= 0.3 is 0 Å². The molecule has 0 fully saturated rings. The molecular weight excluding hydrogens is 384 g/mol. The molecule has 1 aromatic heterocycles. The number of hydrogen-bond donors (Lipinski definition) is 0. The van der Waals surface area contributed by atoms with Crippen molar-refractivity contribution in [2.24, 2.45) is 0 Å². The fraction of sp³-hybridized carbons (Fsp3) is 0. The van der Waals surface area contributed by atoms with Crippen LogP contribution in [0.15, 0.2) is 95.5 Å². The van der Waals surface area contributed by atoms with Gasteiger partial charge in [0.25, 0.3) is 0 Å². The summed E-state index contributed by atoms with van der Waals surface area (Å²) in [6, 6.07) is 31.5. The second-order valence-electron chi connectivity index (χ2n) is 6.26. The van der Waals surface area contributed by atoms with Crippen LogP contribution in [0.2, 0.25) is 0 Å². The van der Waals surface area contributed by atoms with Crippen LogP contribution in [0.25, 0.3) is 38.9 Å². The second kappa shape index (κ2) is 6.11. The van der Waals surface area contributed by atoms with Gasteiger partial charge < -0.3 is 0 Å². The molecule has 0 atom stereocenters. The molecular formula is C23H15BrN2. The molecule has 5 aromatic rings. The quantitative estimate of drug-likeness (QED) is 0.327. The number of rotatable bonds is 2. The molecule has 0 saturated carbocycles. The van der Waals surface area contributed by atoms with Crippen molar-refractivity contribution in [3.63, 3.8) is 0 Å². The molecule has 0 saturated heterocycles. The second-order valence-corrected chi connectivity index (χ2v) is 7.18.